The van der Waals surface area contributed by atoms with Crippen molar-refractivity contribution in [1.82, 2.24) is 0 Å². The van der Waals surface area contributed by atoms with Crippen molar-refractivity contribution in [3.8, 4) is 11.5 Å². The van der Waals surface area contributed by atoms with Crippen LogP contribution in [0.15, 0.2) is 48.5 Å². The average molecular weight is 357 g/mol. The van der Waals surface area contributed by atoms with Crippen LogP contribution >= 0.6 is 0 Å². The van der Waals surface area contributed by atoms with Crippen LogP contribution in [0.5, 0.6) is 11.5 Å². The second-order valence-electron chi connectivity index (χ2n) is 5.70. The number of methoxy groups -OCH3 is 2. The highest BCUT2D eigenvalue weighted by atomic mass is 16.5. The van der Waals surface area contributed by atoms with Crippen LogP contribution in [0, 0.1) is 5.92 Å². The Balaban J connectivity index is 2.28. The van der Waals surface area contributed by atoms with E-state index in [0.717, 1.165) is 0 Å². The molecule has 0 aromatic heterocycles. The molecular formula is C20H23NO5. The van der Waals surface area contributed by atoms with E-state index in [1.54, 1.807) is 30.3 Å². The van der Waals surface area contributed by atoms with Crippen molar-refractivity contribution in [1.29, 1.82) is 0 Å². The van der Waals surface area contributed by atoms with E-state index in [1.165, 1.54) is 19.1 Å². The Kier molecular flexibility index (Phi) is 6.60. The number of ether oxygens (including phenoxy) is 2. The molecule has 0 spiro atoms. The van der Waals surface area contributed by atoms with Crippen LogP contribution in [0.1, 0.15) is 12.5 Å². The van der Waals surface area contributed by atoms with Crippen LogP contribution < -0.4 is 14.4 Å². The zero-order valence-corrected chi connectivity index (χ0v) is 15.1. The number of rotatable bonds is 8. The van der Waals surface area contributed by atoms with Gasteiger partial charge in [-0.05, 0) is 43.2 Å². The summed E-state index contributed by atoms with van der Waals surface area (Å²) in [6.07, 6.45) is 0.0673. The predicted molar refractivity (Wildman–Crippen MR) is 98.8 cm³/mol. The van der Waals surface area contributed by atoms with Gasteiger partial charge in [0.2, 0.25) is 5.91 Å². The van der Waals surface area contributed by atoms with Gasteiger partial charge in [0.1, 0.15) is 5.92 Å². The highest BCUT2D eigenvalue weighted by Crippen LogP contribution is 2.29. The Hall–Kier alpha value is -3.02. The molecule has 0 fully saturated rings. The maximum absolute atomic E-state index is 12.9. The molecule has 26 heavy (non-hydrogen) atoms. The second kappa shape index (κ2) is 8.89. The van der Waals surface area contributed by atoms with E-state index in [0.29, 0.717) is 29.3 Å². The molecule has 2 aromatic rings. The standard InChI is InChI=1S/C20H23NO5/c1-4-21(15-8-6-5-7-9-15)19(22)16(20(23)24)12-14-10-11-17(25-2)18(13-14)26-3/h5-11,13,16H,4,12H2,1-3H3,(H,23,24). The summed E-state index contributed by atoms with van der Waals surface area (Å²) >= 11 is 0. The average Bonchev–Trinajstić information content (AvgIpc) is 2.66. The number of amides is 1. The first-order valence-corrected chi connectivity index (χ1v) is 8.32. The van der Waals surface area contributed by atoms with Gasteiger partial charge in [-0.2, -0.15) is 0 Å². The first-order chi connectivity index (χ1) is 12.5. The molecule has 0 bridgehead atoms. The minimum atomic E-state index is -1.19. The third-order valence-electron chi connectivity index (χ3n) is 4.13. The van der Waals surface area contributed by atoms with Crippen molar-refractivity contribution in [2.75, 3.05) is 25.7 Å². The first kappa shape index (κ1) is 19.3. The number of carbonyl (C=O) groups is 2. The maximum Gasteiger partial charge on any atom is 0.316 e. The summed E-state index contributed by atoms with van der Waals surface area (Å²) in [4.78, 5) is 26.1. The molecule has 0 saturated heterocycles. The first-order valence-electron chi connectivity index (χ1n) is 8.32. The van der Waals surface area contributed by atoms with Crippen molar-refractivity contribution in [3.63, 3.8) is 0 Å². The molecule has 1 unspecified atom stereocenters. The van der Waals surface area contributed by atoms with Gasteiger partial charge in [-0.3, -0.25) is 9.59 Å². The highest BCUT2D eigenvalue weighted by molar-refractivity contribution is 6.05. The summed E-state index contributed by atoms with van der Waals surface area (Å²) in [6.45, 7) is 2.21. The van der Waals surface area contributed by atoms with Gasteiger partial charge in [-0.25, -0.2) is 0 Å². The Morgan fingerprint density at radius 2 is 1.69 bits per heavy atom. The molecule has 0 aliphatic carbocycles. The van der Waals surface area contributed by atoms with Gasteiger partial charge >= 0.3 is 5.97 Å². The van der Waals surface area contributed by atoms with Crippen LogP contribution in [-0.4, -0.2) is 37.7 Å². The molecule has 1 atom stereocenters. The van der Waals surface area contributed by atoms with Crippen molar-refractivity contribution >= 4 is 17.6 Å². The van der Waals surface area contributed by atoms with Crippen molar-refractivity contribution in [2.24, 2.45) is 5.92 Å². The molecule has 6 nitrogen and oxygen atoms in total. The number of nitrogens with zero attached hydrogens (tertiary/aromatic N) is 1. The van der Waals surface area contributed by atoms with Gasteiger partial charge < -0.3 is 19.5 Å². The van der Waals surface area contributed by atoms with Crippen LogP contribution in [0.4, 0.5) is 5.69 Å². The van der Waals surface area contributed by atoms with E-state index in [4.69, 9.17) is 9.47 Å². The minimum absolute atomic E-state index is 0.0673. The van der Waals surface area contributed by atoms with Crippen molar-refractivity contribution < 1.29 is 24.2 Å². The van der Waals surface area contributed by atoms with E-state index in [9.17, 15) is 14.7 Å². The molecule has 2 rings (SSSR count). The molecule has 1 N–H and O–H groups in total. The summed E-state index contributed by atoms with van der Waals surface area (Å²) in [7, 11) is 3.04. The van der Waals surface area contributed by atoms with Gasteiger partial charge in [-0.1, -0.05) is 24.3 Å². The molecular weight excluding hydrogens is 334 g/mol. The molecule has 1 amide bonds. The third-order valence-corrected chi connectivity index (χ3v) is 4.13. The fourth-order valence-electron chi connectivity index (χ4n) is 2.79. The Bertz CT molecular complexity index is 760. The lowest BCUT2D eigenvalue weighted by atomic mass is 9.97. The summed E-state index contributed by atoms with van der Waals surface area (Å²) in [5, 5.41) is 9.62. The van der Waals surface area contributed by atoms with Gasteiger partial charge in [-0.15, -0.1) is 0 Å². The number of aliphatic carboxylic acids is 1. The lowest BCUT2D eigenvalue weighted by Gasteiger charge is -2.24. The number of carbonyl (C=O) groups excluding carboxylic acids is 1. The van der Waals surface area contributed by atoms with Gasteiger partial charge in [0.15, 0.2) is 11.5 Å². The fourth-order valence-corrected chi connectivity index (χ4v) is 2.79. The number of carboxylic acid groups (broad SMARTS) is 1. The van der Waals surface area contributed by atoms with Crippen LogP contribution in [-0.2, 0) is 16.0 Å². The molecule has 0 saturated carbocycles. The van der Waals surface area contributed by atoms with Crippen molar-refractivity contribution in [2.45, 2.75) is 13.3 Å². The van der Waals surface area contributed by atoms with Crippen LogP contribution in [0.3, 0.4) is 0 Å². The van der Waals surface area contributed by atoms with E-state index >= 15 is 0 Å². The van der Waals surface area contributed by atoms with Crippen LogP contribution in [0.2, 0.25) is 0 Å². The second-order valence-corrected chi connectivity index (χ2v) is 5.70. The smallest absolute Gasteiger partial charge is 0.316 e. The number of hydrogen-bond donors (Lipinski definition) is 1. The van der Waals surface area contributed by atoms with Gasteiger partial charge in [0.25, 0.3) is 0 Å². The largest absolute Gasteiger partial charge is 0.493 e. The van der Waals surface area contributed by atoms with Gasteiger partial charge in [0.05, 0.1) is 14.2 Å². The lowest BCUT2D eigenvalue weighted by molar-refractivity contribution is -0.146. The quantitative estimate of drug-likeness (QED) is 0.735. The molecule has 138 valence electrons. The number of benzene rings is 2. The predicted octanol–water partition coefficient (Wildman–Crippen LogP) is 3.00. The highest BCUT2D eigenvalue weighted by Gasteiger charge is 2.31. The van der Waals surface area contributed by atoms with E-state index in [1.807, 2.05) is 25.1 Å². The summed E-state index contributed by atoms with van der Waals surface area (Å²) in [6, 6.07) is 14.2. The minimum Gasteiger partial charge on any atom is -0.493 e. The number of para-hydroxylation sites is 1. The van der Waals surface area contributed by atoms with E-state index in [-0.39, 0.29) is 6.42 Å². The normalized spacial score (nSPS) is 11.5. The molecule has 2 aromatic carbocycles. The Labute approximate surface area is 153 Å². The number of hydrogen-bond acceptors (Lipinski definition) is 4. The molecule has 0 radical (unpaired) electrons. The lowest BCUT2D eigenvalue weighted by Crippen LogP contribution is -2.40. The van der Waals surface area contributed by atoms with Crippen molar-refractivity contribution in [3.05, 3.63) is 54.1 Å². The topological polar surface area (TPSA) is 76.1 Å². The SMILES string of the molecule is CCN(C(=O)C(Cc1ccc(OC)c(OC)c1)C(=O)O)c1ccccc1. The third kappa shape index (κ3) is 4.33. The molecule has 0 heterocycles. The Morgan fingerprint density at radius 1 is 1.04 bits per heavy atom. The Morgan fingerprint density at radius 3 is 2.23 bits per heavy atom. The zero-order valence-electron chi connectivity index (χ0n) is 15.1. The van der Waals surface area contributed by atoms with Crippen LogP contribution in [0.25, 0.3) is 0 Å². The van der Waals surface area contributed by atoms with Gasteiger partial charge in [0, 0.05) is 12.2 Å². The summed E-state index contributed by atoms with van der Waals surface area (Å²) in [5.41, 5.74) is 1.37. The summed E-state index contributed by atoms with van der Waals surface area (Å²) < 4.78 is 10.4. The molecule has 6 heteroatoms. The zero-order chi connectivity index (χ0) is 19.1. The number of carboxylic acids is 1. The summed E-state index contributed by atoms with van der Waals surface area (Å²) in [5.74, 6) is -1.74. The van der Waals surface area contributed by atoms with E-state index < -0.39 is 17.8 Å². The molecule has 0 aliphatic rings. The maximum atomic E-state index is 12.9. The fraction of sp³-hybridized carbons (Fsp3) is 0.300. The van der Waals surface area contributed by atoms with E-state index in [2.05, 4.69) is 0 Å². The monoisotopic (exact) mass is 357 g/mol. The molecule has 0 aliphatic heterocycles. The number of anilines is 1.